The average Bonchev–Trinajstić information content (AvgIpc) is 2.97. The van der Waals surface area contributed by atoms with E-state index in [1.165, 1.54) is 0 Å². The van der Waals surface area contributed by atoms with Gasteiger partial charge in [-0.05, 0) is 29.2 Å². The van der Waals surface area contributed by atoms with Crippen LogP contribution in [0.5, 0.6) is 0 Å². The SMILES string of the molecule is CCC(=O)c1ccc2ncn(Cc3ccc(B(O)O)cc3)c2c1. The zero-order valence-electron chi connectivity index (χ0n) is 12.8. The number of imidazole rings is 1. The largest absolute Gasteiger partial charge is 0.488 e. The smallest absolute Gasteiger partial charge is 0.423 e. The van der Waals surface area contributed by atoms with E-state index in [0.29, 0.717) is 24.0 Å². The summed E-state index contributed by atoms with van der Waals surface area (Å²) in [6, 6.07) is 12.6. The first-order chi connectivity index (χ1) is 11.1. The van der Waals surface area contributed by atoms with Gasteiger partial charge in [-0.15, -0.1) is 0 Å². The normalized spacial score (nSPS) is 10.9. The van der Waals surface area contributed by atoms with Gasteiger partial charge in [-0.1, -0.05) is 31.2 Å². The van der Waals surface area contributed by atoms with Crippen molar-refractivity contribution in [1.82, 2.24) is 9.55 Å². The van der Waals surface area contributed by atoms with Crippen molar-refractivity contribution in [3.63, 3.8) is 0 Å². The number of carbonyl (C=O) groups excluding carboxylic acids is 1. The fourth-order valence-electron chi connectivity index (χ4n) is 2.55. The van der Waals surface area contributed by atoms with Crippen molar-refractivity contribution in [3.05, 3.63) is 59.9 Å². The zero-order valence-corrected chi connectivity index (χ0v) is 12.8. The van der Waals surface area contributed by atoms with Gasteiger partial charge in [0.15, 0.2) is 5.78 Å². The molecule has 1 heterocycles. The third kappa shape index (κ3) is 3.18. The summed E-state index contributed by atoms with van der Waals surface area (Å²) in [5.74, 6) is 0.112. The van der Waals surface area contributed by atoms with Crippen LogP contribution in [0, 0.1) is 0 Å². The number of benzene rings is 2. The summed E-state index contributed by atoms with van der Waals surface area (Å²) in [5.41, 5.74) is 3.93. The highest BCUT2D eigenvalue weighted by atomic mass is 16.4. The first kappa shape index (κ1) is 15.5. The Morgan fingerprint density at radius 2 is 1.91 bits per heavy atom. The molecule has 116 valence electrons. The van der Waals surface area contributed by atoms with Gasteiger partial charge in [-0.3, -0.25) is 4.79 Å². The average molecular weight is 308 g/mol. The fourth-order valence-corrected chi connectivity index (χ4v) is 2.55. The van der Waals surface area contributed by atoms with Crippen molar-refractivity contribution in [2.24, 2.45) is 0 Å². The summed E-state index contributed by atoms with van der Waals surface area (Å²) in [6.45, 7) is 2.45. The number of aromatic nitrogens is 2. The third-order valence-corrected chi connectivity index (χ3v) is 3.89. The molecule has 0 saturated heterocycles. The predicted octanol–water partition coefficient (Wildman–Crippen LogP) is 1.36. The summed E-state index contributed by atoms with van der Waals surface area (Å²) in [5, 5.41) is 18.3. The summed E-state index contributed by atoms with van der Waals surface area (Å²) in [6.07, 6.45) is 2.23. The van der Waals surface area contributed by atoms with Gasteiger partial charge < -0.3 is 14.6 Å². The number of rotatable bonds is 5. The van der Waals surface area contributed by atoms with Crippen molar-refractivity contribution in [3.8, 4) is 0 Å². The monoisotopic (exact) mass is 308 g/mol. The number of Topliss-reactive ketones (excluding diaryl/α,β-unsaturated/α-hetero) is 1. The van der Waals surface area contributed by atoms with E-state index in [0.717, 1.165) is 16.6 Å². The molecular weight excluding hydrogens is 291 g/mol. The van der Waals surface area contributed by atoms with Gasteiger partial charge in [-0.25, -0.2) is 4.98 Å². The molecule has 6 heteroatoms. The van der Waals surface area contributed by atoms with Crippen molar-refractivity contribution >= 4 is 29.4 Å². The van der Waals surface area contributed by atoms with Gasteiger partial charge >= 0.3 is 7.12 Å². The number of hydrogen-bond donors (Lipinski definition) is 2. The first-order valence-electron chi connectivity index (χ1n) is 7.51. The van der Waals surface area contributed by atoms with Crippen LogP contribution < -0.4 is 5.46 Å². The van der Waals surface area contributed by atoms with Crippen molar-refractivity contribution < 1.29 is 14.8 Å². The number of fused-ring (bicyclic) bond motifs is 1. The lowest BCUT2D eigenvalue weighted by Crippen LogP contribution is -2.29. The Balaban J connectivity index is 1.91. The zero-order chi connectivity index (χ0) is 16.4. The Labute approximate surface area is 134 Å². The highest BCUT2D eigenvalue weighted by Gasteiger charge is 2.11. The molecule has 0 spiro atoms. The molecule has 0 fully saturated rings. The molecule has 0 amide bonds. The number of nitrogens with zero attached hydrogens (tertiary/aromatic N) is 2. The molecule has 2 N–H and O–H groups in total. The fraction of sp³-hybridized carbons (Fsp3) is 0.176. The van der Waals surface area contributed by atoms with Gasteiger partial charge in [-0.2, -0.15) is 0 Å². The highest BCUT2D eigenvalue weighted by molar-refractivity contribution is 6.58. The Morgan fingerprint density at radius 1 is 1.17 bits per heavy atom. The lowest BCUT2D eigenvalue weighted by atomic mass is 9.80. The maximum Gasteiger partial charge on any atom is 0.488 e. The van der Waals surface area contributed by atoms with Crippen LogP contribution >= 0.6 is 0 Å². The van der Waals surface area contributed by atoms with E-state index in [4.69, 9.17) is 10.0 Å². The van der Waals surface area contributed by atoms with Crippen LogP contribution in [0.4, 0.5) is 0 Å². The minimum absolute atomic E-state index is 0.112. The molecular formula is C17H17BN2O3. The maximum atomic E-state index is 11.9. The lowest BCUT2D eigenvalue weighted by Gasteiger charge is -2.07. The summed E-state index contributed by atoms with van der Waals surface area (Å²) >= 11 is 0. The second kappa shape index (κ2) is 6.36. The van der Waals surface area contributed by atoms with E-state index < -0.39 is 7.12 Å². The van der Waals surface area contributed by atoms with E-state index in [1.54, 1.807) is 18.5 Å². The van der Waals surface area contributed by atoms with Gasteiger partial charge in [0, 0.05) is 18.5 Å². The third-order valence-electron chi connectivity index (χ3n) is 3.89. The number of ketones is 1. The van der Waals surface area contributed by atoms with Crippen molar-refractivity contribution in [2.75, 3.05) is 0 Å². The van der Waals surface area contributed by atoms with Crippen LogP contribution in [-0.2, 0) is 6.54 Å². The number of hydrogen-bond acceptors (Lipinski definition) is 4. The minimum atomic E-state index is -1.46. The van der Waals surface area contributed by atoms with Crippen LogP contribution in [-0.4, -0.2) is 32.5 Å². The topological polar surface area (TPSA) is 75.4 Å². The summed E-state index contributed by atoms with van der Waals surface area (Å²) < 4.78 is 1.98. The Kier molecular flexibility index (Phi) is 4.27. The molecule has 1 aromatic heterocycles. The first-order valence-corrected chi connectivity index (χ1v) is 7.51. The van der Waals surface area contributed by atoms with Crippen LogP contribution in [0.2, 0.25) is 0 Å². The van der Waals surface area contributed by atoms with Gasteiger partial charge in [0.05, 0.1) is 17.4 Å². The van der Waals surface area contributed by atoms with E-state index in [2.05, 4.69) is 4.98 Å². The van der Waals surface area contributed by atoms with E-state index in [9.17, 15) is 4.79 Å². The molecule has 2 aromatic carbocycles. The molecule has 0 atom stereocenters. The molecule has 3 rings (SSSR count). The van der Waals surface area contributed by atoms with Crippen LogP contribution in [0.1, 0.15) is 29.3 Å². The molecule has 3 aromatic rings. The Bertz CT molecular complexity index is 841. The molecule has 0 aliphatic carbocycles. The van der Waals surface area contributed by atoms with Gasteiger partial charge in [0.1, 0.15) is 0 Å². The van der Waals surface area contributed by atoms with E-state index >= 15 is 0 Å². The summed E-state index contributed by atoms with van der Waals surface area (Å²) in [4.78, 5) is 16.2. The molecule has 0 aliphatic heterocycles. The van der Waals surface area contributed by atoms with Gasteiger partial charge in [0.25, 0.3) is 0 Å². The quantitative estimate of drug-likeness (QED) is 0.551. The molecule has 0 unspecified atom stereocenters. The molecule has 0 saturated carbocycles. The lowest BCUT2D eigenvalue weighted by molar-refractivity contribution is 0.0988. The molecule has 0 bridgehead atoms. The standard InChI is InChI=1S/C17H17BN2O3/c1-2-17(21)13-5-8-15-16(9-13)20(11-19-15)10-12-3-6-14(7-4-12)18(22)23/h3-9,11,22-23H,2,10H2,1H3. The van der Waals surface area contributed by atoms with Crippen molar-refractivity contribution in [1.29, 1.82) is 0 Å². The second-order valence-electron chi connectivity index (χ2n) is 5.47. The van der Waals surface area contributed by atoms with Gasteiger partial charge in [0.2, 0.25) is 0 Å². The predicted molar refractivity (Wildman–Crippen MR) is 89.7 cm³/mol. The summed E-state index contributed by atoms with van der Waals surface area (Å²) in [7, 11) is -1.46. The highest BCUT2D eigenvalue weighted by Crippen LogP contribution is 2.17. The van der Waals surface area contributed by atoms with E-state index in [1.807, 2.05) is 41.8 Å². The van der Waals surface area contributed by atoms with E-state index in [-0.39, 0.29) is 5.78 Å². The Hall–Kier alpha value is -2.44. The molecule has 0 radical (unpaired) electrons. The molecule has 23 heavy (non-hydrogen) atoms. The minimum Gasteiger partial charge on any atom is -0.423 e. The second-order valence-corrected chi connectivity index (χ2v) is 5.47. The number of carbonyl (C=O) groups is 1. The Morgan fingerprint density at radius 3 is 2.57 bits per heavy atom. The molecule has 0 aliphatic rings. The van der Waals surface area contributed by atoms with Crippen molar-refractivity contribution in [2.45, 2.75) is 19.9 Å². The van der Waals surface area contributed by atoms with Crippen LogP contribution in [0.25, 0.3) is 11.0 Å². The maximum absolute atomic E-state index is 11.9. The van der Waals surface area contributed by atoms with Crippen LogP contribution in [0.3, 0.4) is 0 Å². The molecule has 5 nitrogen and oxygen atoms in total. The van der Waals surface area contributed by atoms with Crippen LogP contribution in [0.15, 0.2) is 48.8 Å².